The summed E-state index contributed by atoms with van der Waals surface area (Å²) in [5, 5.41) is 13.1. The lowest BCUT2D eigenvalue weighted by Crippen LogP contribution is -2.21. The van der Waals surface area contributed by atoms with E-state index >= 15 is 0 Å². The summed E-state index contributed by atoms with van der Waals surface area (Å²) >= 11 is 0. The van der Waals surface area contributed by atoms with Crippen LogP contribution in [0, 0.1) is 5.92 Å². The van der Waals surface area contributed by atoms with Crippen molar-refractivity contribution in [3.05, 3.63) is 71.0 Å². The second kappa shape index (κ2) is 9.74. The van der Waals surface area contributed by atoms with Gasteiger partial charge in [0.25, 0.3) is 0 Å². The molecule has 0 radical (unpaired) electrons. The number of phenols is 1. The number of benzene rings is 2. The van der Waals surface area contributed by atoms with Gasteiger partial charge in [-0.05, 0) is 67.3 Å². The molecule has 0 bridgehead atoms. The second-order valence-corrected chi connectivity index (χ2v) is 9.43. The van der Waals surface area contributed by atoms with E-state index in [0.717, 1.165) is 65.9 Å². The van der Waals surface area contributed by atoms with Crippen molar-refractivity contribution >= 4 is 11.7 Å². The first-order chi connectivity index (χ1) is 16.2. The number of aromatic nitrogens is 2. The molecule has 1 saturated carbocycles. The number of carbonyl (C=O) groups excluding carboxylic acids is 1. The molecule has 0 atom stereocenters. The van der Waals surface area contributed by atoms with Crippen molar-refractivity contribution in [3.63, 3.8) is 0 Å². The third kappa shape index (κ3) is 5.08. The van der Waals surface area contributed by atoms with E-state index in [1.165, 1.54) is 19.3 Å². The maximum absolute atomic E-state index is 13.0. The highest BCUT2D eigenvalue weighted by Crippen LogP contribution is 2.34. The summed E-state index contributed by atoms with van der Waals surface area (Å²) in [7, 11) is 0. The van der Waals surface area contributed by atoms with Gasteiger partial charge in [0.1, 0.15) is 5.75 Å². The standard InChI is InChI=1S/C28H31N3O2/c32-22-14-15-23-21(18-22)12-7-13-24-27(23)29-25(16-19-8-3-1-4-9-19)28(30-24)31-26(33)17-20-10-5-2-6-11-20/h1,3-4,8-9,14-15,18,20,32H,2,5-7,10-13,16-17H2,(H,30,31,33). The van der Waals surface area contributed by atoms with Gasteiger partial charge in [-0.3, -0.25) is 4.79 Å². The van der Waals surface area contributed by atoms with Crippen LogP contribution in [0.25, 0.3) is 11.3 Å². The number of phenolic OH excluding ortho intramolecular Hbond substituents is 1. The Bertz CT molecular complexity index is 1140. The average molecular weight is 442 g/mol. The van der Waals surface area contributed by atoms with Crippen LogP contribution in [0.15, 0.2) is 48.5 Å². The summed E-state index contributed by atoms with van der Waals surface area (Å²) < 4.78 is 0. The molecule has 2 aromatic carbocycles. The maximum atomic E-state index is 13.0. The zero-order valence-corrected chi connectivity index (χ0v) is 19.0. The predicted molar refractivity (Wildman–Crippen MR) is 130 cm³/mol. The molecule has 2 aliphatic carbocycles. The number of aryl methyl sites for hydroxylation is 2. The monoisotopic (exact) mass is 441 g/mol. The molecule has 33 heavy (non-hydrogen) atoms. The molecule has 1 amide bonds. The summed E-state index contributed by atoms with van der Waals surface area (Å²) in [5.74, 6) is 1.40. The minimum absolute atomic E-state index is 0.0457. The minimum atomic E-state index is 0.0457. The molecule has 2 aliphatic rings. The van der Waals surface area contributed by atoms with Crippen LogP contribution < -0.4 is 5.32 Å². The van der Waals surface area contributed by atoms with E-state index in [2.05, 4.69) is 17.4 Å². The van der Waals surface area contributed by atoms with Gasteiger partial charge in [0, 0.05) is 18.4 Å². The molecule has 5 heteroatoms. The summed E-state index contributed by atoms with van der Waals surface area (Å²) in [6.07, 6.45) is 9.80. The fraction of sp³-hybridized carbons (Fsp3) is 0.393. The molecule has 0 spiro atoms. The Labute approximate surface area is 195 Å². The van der Waals surface area contributed by atoms with E-state index in [1.54, 1.807) is 6.07 Å². The Morgan fingerprint density at radius 3 is 2.61 bits per heavy atom. The normalized spacial score (nSPS) is 15.9. The van der Waals surface area contributed by atoms with Crippen molar-refractivity contribution < 1.29 is 9.90 Å². The highest BCUT2D eigenvalue weighted by Gasteiger charge is 2.23. The van der Waals surface area contributed by atoms with Crippen LogP contribution in [0.4, 0.5) is 5.82 Å². The van der Waals surface area contributed by atoms with E-state index in [4.69, 9.17) is 9.97 Å². The molecule has 5 nitrogen and oxygen atoms in total. The van der Waals surface area contributed by atoms with Gasteiger partial charge in [0.2, 0.25) is 5.91 Å². The number of nitrogens with one attached hydrogen (secondary N) is 1. The minimum Gasteiger partial charge on any atom is -0.508 e. The van der Waals surface area contributed by atoms with Gasteiger partial charge in [0.15, 0.2) is 5.82 Å². The van der Waals surface area contributed by atoms with Crippen LogP contribution in [-0.4, -0.2) is 21.0 Å². The predicted octanol–water partition coefficient (Wildman–Crippen LogP) is 5.84. The number of nitrogens with zero attached hydrogens (tertiary/aromatic N) is 2. The number of hydrogen-bond acceptors (Lipinski definition) is 4. The lowest BCUT2D eigenvalue weighted by Gasteiger charge is -2.21. The van der Waals surface area contributed by atoms with Gasteiger partial charge in [0.05, 0.1) is 17.1 Å². The largest absolute Gasteiger partial charge is 0.508 e. The van der Waals surface area contributed by atoms with Crippen LogP contribution in [0.5, 0.6) is 5.75 Å². The molecule has 170 valence electrons. The van der Waals surface area contributed by atoms with Crippen molar-refractivity contribution in [2.24, 2.45) is 5.92 Å². The highest BCUT2D eigenvalue weighted by atomic mass is 16.3. The Balaban J connectivity index is 1.50. The molecule has 1 fully saturated rings. The quantitative estimate of drug-likeness (QED) is 0.522. The molecular formula is C28H31N3O2. The fourth-order valence-corrected chi connectivity index (χ4v) is 5.21. The van der Waals surface area contributed by atoms with Gasteiger partial charge in [-0.1, -0.05) is 49.6 Å². The van der Waals surface area contributed by atoms with Crippen molar-refractivity contribution in [3.8, 4) is 17.0 Å². The van der Waals surface area contributed by atoms with Crippen molar-refractivity contribution in [2.45, 2.75) is 64.2 Å². The zero-order valence-electron chi connectivity index (χ0n) is 19.0. The molecule has 0 unspecified atom stereocenters. The SMILES string of the molecule is O=C(CC1CCCCC1)Nc1nc2c(nc1Cc1ccccc1)-c1ccc(O)cc1CCC2. The van der Waals surface area contributed by atoms with E-state index in [0.29, 0.717) is 24.6 Å². The van der Waals surface area contributed by atoms with Crippen molar-refractivity contribution in [1.29, 1.82) is 0 Å². The van der Waals surface area contributed by atoms with E-state index in [-0.39, 0.29) is 11.7 Å². The first-order valence-electron chi connectivity index (χ1n) is 12.2. The van der Waals surface area contributed by atoms with E-state index < -0.39 is 0 Å². The molecule has 1 aromatic heterocycles. The number of amides is 1. The number of fused-ring (bicyclic) bond motifs is 3. The summed E-state index contributed by atoms with van der Waals surface area (Å²) in [5.41, 5.74) is 5.85. The van der Waals surface area contributed by atoms with E-state index in [9.17, 15) is 9.90 Å². The van der Waals surface area contributed by atoms with Gasteiger partial charge >= 0.3 is 0 Å². The summed E-state index contributed by atoms with van der Waals surface area (Å²) in [6, 6.07) is 15.7. The average Bonchev–Trinajstić information content (AvgIpc) is 2.99. The smallest absolute Gasteiger partial charge is 0.225 e. The lowest BCUT2D eigenvalue weighted by atomic mass is 9.87. The van der Waals surface area contributed by atoms with Gasteiger partial charge in [-0.2, -0.15) is 0 Å². The summed E-state index contributed by atoms with van der Waals surface area (Å²) in [6.45, 7) is 0. The van der Waals surface area contributed by atoms with Gasteiger partial charge < -0.3 is 10.4 Å². The number of carbonyl (C=O) groups is 1. The van der Waals surface area contributed by atoms with E-state index in [1.807, 2.05) is 30.3 Å². The van der Waals surface area contributed by atoms with Gasteiger partial charge in [-0.25, -0.2) is 9.97 Å². The van der Waals surface area contributed by atoms with Gasteiger partial charge in [-0.15, -0.1) is 0 Å². The van der Waals surface area contributed by atoms with Crippen LogP contribution >= 0.6 is 0 Å². The molecule has 5 rings (SSSR count). The molecule has 1 heterocycles. The highest BCUT2D eigenvalue weighted by molar-refractivity contribution is 5.90. The third-order valence-corrected chi connectivity index (χ3v) is 6.91. The fourth-order valence-electron chi connectivity index (χ4n) is 5.21. The number of rotatable bonds is 5. The number of aromatic hydroxyl groups is 1. The molecular weight excluding hydrogens is 410 g/mol. The summed E-state index contributed by atoms with van der Waals surface area (Å²) in [4.78, 5) is 23.0. The maximum Gasteiger partial charge on any atom is 0.225 e. The number of anilines is 1. The molecule has 3 aromatic rings. The molecule has 0 aliphatic heterocycles. The third-order valence-electron chi connectivity index (χ3n) is 6.91. The Morgan fingerprint density at radius 1 is 0.970 bits per heavy atom. The van der Waals surface area contributed by atoms with Crippen molar-refractivity contribution in [2.75, 3.05) is 5.32 Å². The first kappa shape index (κ1) is 21.6. The topological polar surface area (TPSA) is 75.1 Å². The Hall–Kier alpha value is -3.21. The second-order valence-electron chi connectivity index (χ2n) is 9.43. The molecule has 0 saturated heterocycles. The Kier molecular flexibility index (Phi) is 6.38. The van der Waals surface area contributed by atoms with Crippen LogP contribution in [-0.2, 0) is 24.1 Å². The lowest BCUT2D eigenvalue weighted by molar-refractivity contribution is -0.117. The van der Waals surface area contributed by atoms with Crippen molar-refractivity contribution in [1.82, 2.24) is 9.97 Å². The first-order valence-corrected chi connectivity index (χ1v) is 12.2. The Morgan fingerprint density at radius 2 is 1.79 bits per heavy atom. The number of hydrogen-bond donors (Lipinski definition) is 2. The van der Waals surface area contributed by atoms with Crippen LogP contribution in [0.3, 0.4) is 0 Å². The molecule has 2 N–H and O–H groups in total. The van der Waals surface area contributed by atoms with Crippen LogP contribution in [0.1, 0.15) is 67.5 Å². The zero-order chi connectivity index (χ0) is 22.6. The van der Waals surface area contributed by atoms with Crippen LogP contribution in [0.2, 0.25) is 0 Å².